The minimum Gasteiger partial charge on any atom is -0.466 e. The van der Waals surface area contributed by atoms with Gasteiger partial charge in [0.2, 0.25) is 0 Å². The molecule has 0 fully saturated rings. The maximum Gasteiger partial charge on any atom is 0.314 e. The third-order valence-corrected chi connectivity index (χ3v) is 5.94. The zero-order chi connectivity index (χ0) is 26.0. The number of hydrogen-bond acceptors (Lipinski definition) is 7. The van der Waals surface area contributed by atoms with Crippen molar-refractivity contribution >= 4 is 23.5 Å². The molecule has 0 saturated carbocycles. The van der Waals surface area contributed by atoms with Gasteiger partial charge in [0.05, 0.1) is 38.0 Å². The maximum absolute atomic E-state index is 12.9. The highest BCUT2D eigenvalue weighted by Gasteiger charge is 2.38. The molecule has 3 aromatic rings. The number of nitrogens with one attached hydrogen (secondary N) is 2. The molecule has 0 bridgehead atoms. The van der Waals surface area contributed by atoms with Crippen molar-refractivity contribution in [3.05, 3.63) is 71.0 Å². The highest BCUT2D eigenvalue weighted by atomic mass is 35.5. The van der Waals surface area contributed by atoms with E-state index >= 15 is 0 Å². The van der Waals surface area contributed by atoms with Crippen LogP contribution in [0.3, 0.4) is 0 Å². The van der Waals surface area contributed by atoms with Gasteiger partial charge in [0.25, 0.3) is 5.91 Å². The van der Waals surface area contributed by atoms with Crippen LogP contribution >= 0.6 is 11.6 Å². The Bertz CT molecular complexity index is 1120. The minimum absolute atomic E-state index is 0.0381. The van der Waals surface area contributed by atoms with Crippen molar-refractivity contribution in [1.29, 1.82) is 0 Å². The van der Waals surface area contributed by atoms with Crippen molar-refractivity contribution in [2.45, 2.75) is 32.7 Å². The number of ether oxygens (including phenoxy) is 2. The molecule has 1 amide bonds. The van der Waals surface area contributed by atoms with Crippen LogP contribution in [0.2, 0.25) is 5.02 Å². The van der Waals surface area contributed by atoms with Gasteiger partial charge in [-0.05, 0) is 55.5 Å². The Balaban J connectivity index is 1.82. The van der Waals surface area contributed by atoms with Gasteiger partial charge in [0.1, 0.15) is 0 Å². The number of amides is 1. The lowest BCUT2D eigenvalue weighted by molar-refractivity contribution is -0.159. The molecular weight excluding hydrogens is 484 g/mol. The summed E-state index contributed by atoms with van der Waals surface area (Å²) in [5.41, 5.74) is 2.08. The van der Waals surface area contributed by atoms with Gasteiger partial charge in [-0.2, -0.15) is 0 Å². The van der Waals surface area contributed by atoms with Gasteiger partial charge in [-0.15, -0.1) is 5.10 Å². The fourth-order valence-electron chi connectivity index (χ4n) is 3.94. The first-order valence-electron chi connectivity index (χ1n) is 11.7. The highest BCUT2D eigenvalue weighted by Crippen LogP contribution is 2.29. The van der Waals surface area contributed by atoms with Gasteiger partial charge in [0.15, 0.2) is 5.69 Å². The fraction of sp³-hybridized carbons (Fsp3) is 0.385. The van der Waals surface area contributed by atoms with Crippen LogP contribution < -0.4 is 5.32 Å². The second kappa shape index (κ2) is 13.2. The molecule has 0 radical (unpaired) electrons. The predicted molar refractivity (Wildman–Crippen MR) is 135 cm³/mol. The van der Waals surface area contributed by atoms with Gasteiger partial charge >= 0.3 is 5.97 Å². The molecule has 1 heterocycles. The molecule has 9 nitrogen and oxygen atoms in total. The van der Waals surface area contributed by atoms with E-state index in [2.05, 4.69) is 20.7 Å². The van der Waals surface area contributed by atoms with E-state index in [1.165, 1.54) is 6.20 Å². The van der Waals surface area contributed by atoms with Gasteiger partial charge < -0.3 is 19.9 Å². The SMILES string of the molecule is CCOC(=O)C(C)(COCCO)C[C@@H](Cc1ccc(-c2cccc(Cl)c2)cc1)NC(=O)c1c[nH]nn1. The molecule has 10 heteroatoms. The summed E-state index contributed by atoms with van der Waals surface area (Å²) in [6, 6.07) is 15.1. The molecule has 36 heavy (non-hydrogen) atoms. The number of nitrogens with zero attached hydrogens (tertiary/aromatic N) is 2. The summed E-state index contributed by atoms with van der Waals surface area (Å²) in [4.78, 5) is 25.7. The summed E-state index contributed by atoms with van der Waals surface area (Å²) in [6.45, 7) is 3.66. The molecule has 0 saturated heterocycles. The van der Waals surface area contributed by atoms with Crippen LogP contribution in [0.15, 0.2) is 54.7 Å². The Kier molecular flexibility index (Phi) is 9.98. The smallest absolute Gasteiger partial charge is 0.314 e. The van der Waals surface area contributed by atoms with Crippen LogP contribution in [0.4, 0.5) is 0 Å². The van der Waals surface area contributed by atoms with Crippen molar-refractivity contribution in [2.24, 2.45) is 5.41 Å². The number of carbonyl (C=O) groups is 2. The Morgan fingerprint density at radius 3 is 2.61 bits per heavy atom. The van der Waals surface area contributed by atoms with Crippen LogP contribution in [0, 0.1) is 5.41 Å². The number of aliphatic hydroxyl groups excluding tert-OH is 1. The molecule has 1 unspecified atom stereocenters. The van der Waals surface area contributed by atoms with E-state index in [0.29, 0.717) is 11.4 Å². The summed E-state index contributed by atoms with van der Waals surface area (Å²) in [5, 5.41) is 22.6. The number of hydrogen-bond donors (Lipinski definition) is 3. The van der Waals surface area contributed by atoms with Gasteiger partial charge in [0, 0.05) is 11.1 Å². The quantitative estimate of drug-likeness (QED) is 0.235. The van der Waals surface area contributed by atoms with E-state index < -0.39 is 23.3 Å². The van der Waals surface area contributed by atoms with Crippen molar-refractivity contribution in [3.63, 3.8) is 0 Å². The third-order valence-electron chi connectivity index (χ3n) is 5.70. The summed E-state index contributed by atoms with van der Waals surface area (Å²) in [6.07, 6.45) is 2.10. The van der Waals surface area contributed by atoms with E-state index in [9.17, 15) is 9.59 Å². The minimum atomic E-state index is -1.05. The van der Waals surface area contributed by atoms with Crippen LogP contribution in [0.1, 0.15) is 36.3 Å². The molecule has 0 spiro atoms. The summed E-state index contributed by atoms with van der Waals surface area (Å²) in [5.74, 6) is -0.841. The maximum atomic E-state index is 12.9. The molecule has 0 aliphatic carbocycles. The predicted octanol–water partition coefficient (Wildman–Crippen LogP) is 3.43. The average molecular weight is 515 g/mol. The zero-order valence-corrected chi connectivity index (χ0v) is 21.1. The molecule has 1 aromatic heterocycles. The normalized spacial score (nSPS) is 13.6. The fourth-order valence-corrected chi connectivity index (χ4v) is 4.13. The number of benzene rings is 2. The lowest BCUT2D eigenvalue weighted by Gasteiger charge is -2.31. The van der Waals surface area contributed by atoms with Gasteiger partial charge in [-0.3, -0.25) is 14.7 Å². The molecule has 192 valence electrons. The first-order valence-corrected chi connectivity index (χ1v) is 12.1. The number of esters is 1. The monoisotopic (exact) mass is 514 g/mol. The van der Waals surface area contributed by atoms with E-state index in [4.69, 9.17) is 26.2 Å². The summed E-state index contributed by atoms with van der Waals surface area (Å²) < 4.78 is 10.8. The standard InChI is InChI=1S/C26H31ClN4O5/c1-3-36-25(34)26(2,17-35-12-11-32)15-22(29-24(33)23-16-28-31-30-23)13-18-7-9-19(10-8-18)20-5-4-6-21(27)14-20/h4-10,14,16,22,32H,3,11-13,15,17H2,1-2H3,(H,29,33)(H,28,30,31)/t22-,26?/m1/s1. The van der Waals surface area contributed by atoms with Crippen molar-refractivity contribution in [2.75, 3.05) is 26.4 Å². The van der Waals surface area contributed by atoms with E-state index in [1.807, 2.05) is 48.5 Å². The largest absolute Gasteiger partial charge is 0.466 e. The van der Waals surface area contributed by atoms with Crippen molar-refractivity contribution < 1.29 is 24.2 Å². The first-order chi connectivity index (χ1) is 17.3. The molecule has 2 aromatic carbocycles. The zero-order valence-electron chi connectivity index (χ0n) is 20.4. The van der Waals surface area contributed by atoms with Crippen molar-refractivity contribution in [1.82, 2.24) is 20.7 Å². The van der Waals surface area contributed by atoms with E-state index in [-0.39, 0.29) is 38.5 Å². The van der Waals surface area contributed by atoms with Gasteiger partial charge in [-0.25, -0.2) is 0 Å². The molecule has 3 rings (SSSR count). The molecule has 0 aliphatic rings. The molecule has 3 N–H and O–H groups in total. The topological polar surface area (TPSA) is 126 Å². The lowest BCUT2D eigenvalue weighted by Crippen LogP contribution is -2.45. The second-order valence-electron chi connectivity index (χ2n) is 8.70. The number of aliphatic hydroxyl groups is 1. The molecular formula is C26H31ClN4O5. The molecule has 2 atom stereocenters. The van der Waals surface area contributed by atoms with Crippen LogP contribution in [-0.4, -0.2) is 64.9 Å². The second-order valence-corrected chi connectivity index (χ2v) is 9.14. The first kappa shape index (κ1) is 27.3. The average Bonchev–Trinajstić information content (AvgIpc) is 3.40. The number of aromatic amines is 1. The van der Waals surface area contributed by atoms with E-state index in [0.717, 1.165) is 16.7 Å². The number of aromatic nitrogens is 3. The Morgan fingerprint density at radius 1 is 1.19 bits per heavy atom. The van der Waals surface area contributed by atoms with Crippen LogP contribution in [0.25, 0.3) is 11.1 Å². The lowest BCUT2D eigenvalue weighted by atomic mass is 9.82. The van der Waals surface area contributed by atoms with Crippen molar-refractivity contribution in [3.8, 4) is 11.1 Å². The van der Waals surface area contributed by atoms with Gasteiger partial charge in [-0.1, -0.05) is 53.2 Å². The van der Waals surface area contributed by atoms with E-state index in [1.54, 1.807) is 13.8 Å². The number of carbonyl (C=O) groups excluding carboxylic acids is 2. The third kappa shape index (κ3) is 7.61. The van der Waals surface area contributed by atoms with Crippen LogP contribution in [0.5, 0.6) is 0 Å². The molecule has 0 aliphatic heterocycles. The Labute approximate surface area is 215 Å². The highest BCUT2D eigenvalue weighted by molar-refractivity contribution is 6.30. The summed E-state index contributed by atoms with van der Waals surface area (Å²) in [7, 11) is 0. The number of rotatable bonds is 13. The Morgan fingerprint density at radius 2 is 1.97 bits per heavy atom. The number of H-pyrrole nitrogens is 1. The number of halogens is 1. The summed E-state index contributed by atoms with van der Waals surface area (Å²) >= 11 is 6.13. The Hall–Kier alpha value is -3.27. The van der Waals surface area contributed by atoms with Crippen LogP contribution in [-0.2, 0) is 20.7 Å².